The summed E-state index contributed by atoms with van der Waals surface area (Å²) in [5.74, 6) is 0. The van der Waals surface area contributed by atoms with E-state index in [1.54, 1.807) is 0 Å². The molecule has 28 heavy (non-hydrogen) atoms. The average molecular weight is 404 g/mol. The molecule has 2 aromatic carbocycles. The van der Waals surface area contributed by atoms with Crippen molar-refractivity contribution >= 4 is 27.6 Å². The number of aryl methyl sites for hydroxylation is 1. The third-order valence-electron chi connectivity index (χ3n) is 4.25. The second-order valence-electron chi connectivity index (χ2n) is 6.23. The molecule has 1 aliphatic heterocycles. The van der Waals surface area contributed by atoms with Crippen molar-refractivity contribution in [2.45, 2.75) is 11.8 Å². The summed E-state index contributed by atoms with van der Waals surface area (Å²) in [4.78, 5) is 10.7. The van der Waals surface area contributed by atoms with Crippen LogP contribution in [0.5, 0.6) is 0 Å². The molecule has 1 heterocycles. The molecule has 148 valence electrons. The Labute approximate surface area is 162 Å². The van der Waals surface area contributed by atoms with Crippen LogP contribution in [-0.4, -0.2) is 50.2 Å². The molecule has 0 unspecified atom stereocenters. The molecule has 1 saturated heterocycles. The van der Waals surface area contributed by atoms with Crippen molar-refractivity contribution in [3.63, 3.8) is 0 Å². The van der Waals surface area contributed by atoms with Gasteiger partial charge in [0.2, 0.25) is 10.0 Å². The lowest BCUT2D eigenvalue weighted by molar-refractivity contribution is -0.384. The first kappa shape index (κ1) is 19.9. The molecule has 0 saturated carbocycles. The first-order valence-electron chi connectivity index (χ1n) is 8.60. The summed E-state index contributed by atoms with van der Waals surface area (Å²) in [6, 6.07) is 11.3. The number of hydrogen-bond acceptors (Lipinski definition) is 7. The predicted octanol–water partition coefficient (Wildman–Crippen LogP) is 2.37. The highest BCUT2D eigenvalue weighted by molar-refractivity contribution is 7.89. The maximum atomic E-state index is 12.7. The van der Waals surface area contributed by atoms with Gasteiger partial charge in [-0.3, -0.25) is 15.5 Å². The van der Waals surface area contributed by atoms with Crippen LogP contribution in [0.2, 0.25) is 0 Å². The van der Waals surface area contributed by atoms with Crippen molar-refractivity contribution in [3.05, 3.63) is 63.7 Å². The van der Waals surface area contributed by atoms with Gasteiger partial charge in [-0.1, -0.05) is 29.8 Å². The monoisotopic (exact) mass is 404 g/mol. The number of hydrogen-bond donors (Lipinski definition) is 1. The molecule has 0 atom stereocenters. The summed E-state index contributed by atoms with van der Waals surface area (Å²) in [6.07, 6.45) is 1.53. The van der Waals surface area contributed by atoms with Crippen LogP contribution in [0.25, 0.3) is 0 Å². The highest BCUT2D eigenvalue weighted by Crippen LogP contribution is 2.29. The molecule has 3 rings (SSSR count). The molecule has 0 aromatic heterocycles. The Morgan fingerprint density at radius 1 is 1.18 bits per heavy atom. The summed E-state index contributed by atoms with van der Waals surface area (Å²) >= 11 is 0. The summed E-state index contributed by atoms with van der Waals surface area (Å²) < 4.78 is 31.8. The lowest BCUT2D eigenvalue weighted by Crippen LogP contribution is -2.40. The van der Waals surface area contributed by atoms with Crippen LogP contribution < -0.4 is 5.43 Å². The van der Waals surface area contributed by atoms with Crippen molar-refractivity contribution in [1.29, 1.82) is 0 Å². The summed E-state index contributed by atoms with van der Waals surface area (Å²) in [5.41, 5.74) is 4.29. The molecule has 0 aliphatic carbocycles. The van der Waals surface area contributed by atoms with Crippen LogP contribution in [-0.2, 0) is 14.8 Å². The number of sulfonamides is 1. The lowest BCUT2D eigenvalue weighted by Gasteiger charge is -2.26. The molecular formula is C18H20N4O5S. The number of morpholine rings is 1. The maximum absolute atomic E-state index is 12.7. The smallest absolute Gasteiger partial charge is 0.295 e. The van der Waals surface area contributed by atoms with Gasteiger partial charge in [-0.25, -0.2) is 8.42 Å². The molecule has 0 bridgehead atoms. The number of rotatable bonds is 6. The van der Waals surface area contributed by atoms with E-state index in [1.807, 2.05) is 31.2 Å². The van der Waals surface area contributed by atoms with Crippen molar-refractivity contribution in [2.24, 2.45) is 5.10 Å². The minimum atomic E-state index is -3.82. The normalized spacial score (nSPS) is 15.6. The molecular weight excluding hydrogens is 384 g/mol. The molecule has 10 heteroatoms. The van der Waals surface area contributed by atoms with Gasteiger partial charge in [0.15, 0.2) is 0 Å². The van der Waals surface area contributed by atoms with Crippen LogP contribution in [0.15, 0.2) is 52.5 Å². The molecule has 0 amide bonds. The standard InChI is InChI=1S/C18H20N4O5S/c1-14-2-4-15(5-3-14)13-19-20-17-7-6-16(12-18(17)22(23)24)28(25,26)21-8-10-27-11-9-21/h2-7,12-13,20H,8-11H2,1H3. The summed E-state index contributed by atoms with van der Waals surface area (Å²) in [5, 5.41) is 15.4. The molecule has 1 aliphatic rings. The van der Waals surface area contributed by atoms with Gasteiger partial charge in [0.25, 0.3) is 5.69 Å². The third kappa shape index (κ3) is 4.53. The molecule has 1 N–H and O–H groups in total. The van der Waals surface area contributed by atoms with Crippen LogP contribution in [0, 0.1) is 17.0 Å². The average Bonchev–Trinajstić information content (AvgIpc) is 2.70. The van der Waals surface area contributed by atoms with Gasteiger partial charge >= 0.3 is 0 Å². The van der Waals surface area contributed by atoms with Crippen LogP contribution in [0.1, 0.15) is 11.1 Å². The minimum Gasteiger partial charge on any atom is -0.379 e. The van der Waals surface area contributed by atoms with Gasteiger partial charge in [0, 0.05) is 19.2 Å². The van der Waals surface area contributed by atoms with E-state index in [2.05, 4.69) is 10.5 Å². The fourth-order valence-electron chi connectivity index (χ4n) is 2.68. The second-order valence-corrected chi connectivity index (χ2v) is 8.17. The number of ether oxygens (including phenoxy) is 1. The van der Waals surface area contributed by atoms with Gasteiger partial charge in [-0.15, -0.1) is 0 Å². The Kier molecular flexibility index (Phi) is 6.02. The van der Waals surface area contributed by atoms with E-state index in [0.717, 1.165) is 17.2 Å². The predicted molar refractivity (Wildman–Crippen MR) is 105 cm³/mol. The number of nitrogens with one attached hydrogen (secondary N) is 1. The van der Waals surface area contributed by atoms with Gasteiger partial charge in [-0.05, 0) is 24.6 Å². The maximum Gasteiger partial charge on any atom is 0.295 e. The van der Waals surface area contributed by atoms with E-state index in [9.17, 15) is 18.5 Å². The fourth-order valence-corrected chi connectivity index (χ4v) is 4.11. The topological polar surface area (TPSA) is 114 Å². The Morgan fingerprint density at radius 2 is 1.86 bits per heavy atom. The Morgan fingerprint density at radius 3 is 2.50 bits per heavy atom. The van der Waals surface area contributed by atoms with Crippen molar-refractivity contribution in [3.8, 4) is 0 Å². The van der Waals surface area contributed by atoms with Gasteiger partial charge in [0.05, 0.1) is 29.2 Å². The minimum absolute atomic E-state index is 0.106. The first-order chi connectivity index (χ1) is 13.4. The zero-order chi connectivity index (χ0) is 20.1. The highest BCUT2D eigenvalue weighted by atomic mass is 32.2. The van der Waals surface area contributed by atoms with Gasteiger partial charge < -0.3 is 4.74 Å². The second kappa shape index (κ2) is 8.46. The number of nitro groups is 1. The number of anilines is 1. The third-order valence-corrected chi connectivity index (χ3v) is 6.14. The Bertz CT molecular complexity index is 984. The highest BCUT2D eigenvalue weighted by Gasteiger charge is 2.28. The number of nitro benzene ring substituents is 1. The van der Waals surface area contributed by atoms with E-state index < -0.39 is 14.9 Å². The fraction of sp³-hybridized carbons (Fsp3) is 0.278. The van der Waals surface area contributed by atoms with Crippen LogP contribution in [0.4, 0.5) is 11.4 Å². The molecule has 0 radical (unpaired) electrons. The first-order valence-corrected chi connectivity index (χ1v) is 10.0. The molecule has 1 fully saturated rings. The molecule has 9 nitrogen and oxygen atoms in total. The van der Waals surface area contributed by atoms with E-state index in [-0.39, 0.29) is 29.4 Å². The number of benzene rings is 2. The SMILES string of the molecule is Cc1ccc(C=NNc2ccc(S(=O)(=O)N3CCOCC3)cc2[N+](=O)[O-])cc1. The largest absolute Gasteiger partial charge is 0.379 e. The van der Waals surface area contributed by atoms with E-state index >= 15 is 0 Å². The van der Waals surface area contributed by atoms with Crippen molar-refractivity contribution in [1.82, 2.24) is 4.31 Å². The number of hydrazone groups is 1. The zero-order valence-corrected chi connectivity index (χ0v) is 16.1. The van der Waals surface area contributed by atoms with E-state index in [4.69, 9.17) is 4.74 Å². The lowest BCUT2D eigenvalue weighted by atomic mass is 10.2. The van der Waals surface area contributed by atoms with Crippen LogP contribution >= 0.6 is 0 Å². The number of nitrogens with zero attached hydrogens (tertiary/aromatic N) is 3. The van der Waals surface area contributed by atoms with E-state index in [1.165, 1.54) is 22.7 Å². The van der Waals surface area contributed by atoms with Crippen molar-refractivity contribution in [2.75, 3.05) is 31.7 Å². The van der Waals surface area contributed by atoms with E-state index in [0.29, 0.717) is 13.2 Å². The molecule has 0 spiro atoms. The van der Waals surface area contributed by atoms with Gasteiger partial charge in [-0.2, -0.15) is 9.41 Å². The Balaban J connectivity index is 1.83. The zero-order valence-electron chi connectivity index (χ0n) is 15.2. The van der Waals surface area contributed by atoms with Crippen LogP contribution in [0.3, 0.4) is 0 Å². The Hall–Kier alpha value is -2.82. The van der Waals surface area contributed by atoms with Gasteiger partial charge in [0.1, 0.15) is 5.69 Å². The molecule has 2 aromatic rings. The quantitative estimate of drug-likeness (QED) is 0.449. The van der Waals surface area contributed by atoms with Crippen molar-refractivity contribution < 1.29 is 18.1 Å². The summed E-state index contributed by atoms with van der Waals surface area (Å²) in [7, 11) is -3.82. The summed E-state index contributed by atoms with van der Waals surface area (Å²) in [6.45, 7) is 3.01.